The van der Waals surface area contributed by atoms with Crippen molar-refractivity contribution in [2.75, 3.05) is 13.6 Å². The van der Waals surface area contributed by atoms with Crippen molar-refractivity contribution in [2.45, 2.75) is 71.6 Å². The molecule has 0 aliphatic carbocycles. The third kappa shape index (κ3) is 5.37. The van der Waals surface area contributed by atoms with Gasteiger partial charge in [0.25, 0.3) is 0 Å². The summed E-state index contributed by atoms with van der Waals surface area (Å²) < 4.78 is 13.4. The van der Waals surface area contributed by atoms with E-state index in [9.17, 15) is 4.79 Å². The Hall–Kier alpha value is -2.29. The summed E-state index contributed by atoms with van der Waals surface area (Å²) in [6.45, 7) is 12.4. The summed E-state index contributed by atoms with van der Waals surface area (Å²) in [6.07, 6.45) is 1.22. The standard InChI is InChI=1S/C19H34N6O3/c1-13-15(25(19(5,6)27-13)17(26)28-18(2,3)4)12-22-16(20-7)21-11-14-9-10-23-24(14)8/h9-10,13,15H,11-12H2,1-8H3,(H2,20,21,22). The Bertz CT molecular complexity index is 707. The van der Waals surface area contributed by atoms with Gasteiger partial charge in [0.15, 0.2) is 5.96 Å². The average Bonchev–Trinajstić information content (AvgIpc) is 3.05. The van der Waals surface area contributed by atoms with Gasteiger partial charge in [0.2, 0.25) is 0 Å². The molecule has 1 aliphatic rings. The molecular formula is C19H34N6O3. The van der Waals surface area contributed by atoms with Gasteiger partial charge in [-0.05, 0) is 47.6 Å². The Balaban J connectivity index is 2.02. The molecule has 0 bridgehead atoms. The first-order valence-corrected chi connectivity index (χ1v) is 9.56. The van der Waals surface area contributed by atoms with Gasteiger partial charge in [-0.1, -0.05) is 0 Å². The number of nitrogens with one attached hydrogen (secondary N) is 2. The normalized spacial score (nSPS) is 22.3. The number of carbonyl (C=O) groups is 1. The highest BCUT2D eigenvalue weighted by atomic mass is 16.6. The van der Waals surface area contributed by atoms with Crippen LogP contribution in [0.1, 0.15) is 47.2 Å². The molecule has 2 atom stereocenters. The molecule has 0 saturated carbocycles. The molecule has 0 spiro atoms. The monoisotopic (exact) mass is 394 g/mol. The fourth-order valence-corrected chi connectivity index (χ4v) is 3.29. The van der Waals surface area contributed by atoms with Crippen molar-refractivity contribution in [2.24, 2.45) is 12.0 Å². The predicted octanol–water partition coefficient (Wildman–Crippen LogP) is 1.85. The van der Waals surface area contributed by atoms with E-state index in [-0.39, 0.29) is 18.2 Å². The second-order valence-corrected chi connectivity index (χ2v) is 8.44. The van der Waals surface area contributed by atoms with Gasteiger partial charge >= 0.3 is 6.09 Å². The second kappa shape index (κ2) is 8.38. The predicted molar refractivity (Wildman–Crippen MR) is 108 cm³/mol. The highest BCUT2D eigenvalue weighted by Crippen LogP contribution is 2.33. The molecule has 1 aliphatic heterocycles. The number of aryl methyl sites for hydroxylation is 1. The molecule has 1 amide bonds. The zero-order valence-electron chi connectivity index (χ0n) is 18.2. The first kappa shape index (κ1) is 22.0. The lowest BCUT2D eigenvalue weighted by atomic mass is 10.1. The van der Waals surface area contributed by atoms with E-state index in [1.165, 1.54) is 0 Å². The second-order valence-electron chi connectivity index (χ2n) is 8.44. The average molecular weight is 395 g/mol. The molecule has 1 fully saturated rings. The lowest BCUT2D eigenvalue weighted by Crippen LogP contribution is -2.54. The van der Waals surface area contributed by atoms with E-state index in [0.717, 1.165) is 5.69 Å². The lowest BCUT2D eigenvalue weighted by molar-refractivity contribution is -0.0755. The van der Waals surface area contributed by atoms with E-state index in [4.69, 9.17) is 9.47 Å². The van der Waals surface area contributed by atoms with Gasteiger partial charge in [0, 0.05) is 26.8 Å². The van der Waals surface area contributed by atoms with Gasteiger partial charge in [-0.15, -0.1) is 0 Å². The van der Waals surface area contributed by atoms with Crippen LogP contribution in [-0.4, -0.2) is 63.8 Å². The molecule has 1 aromatic rings. The van der Waals surface area contributed by atoms with Gasteiger partial charge in [-0.3, -0.25) is 14.6 Å². The Kier molecular flexibility index (Phi) is 6.59. The zero-order valence-corrected chi connectivity index (χ0v) is 18.2. The van der Waals surface area contributed by atoms with Crippen LogP contribution in [0, 0.1) is 0 Å². The van der Waals surface area contributed by atoms with E-state index in [1.807, 2.05) is 54.7 Å². The van der Waals surface area contributed by atoms with Crippen LogP contribution in [0.25, 0.3) is 0 Å². The van der Waals surface area contributed by atoms with Crippen LogP contribution in [0.5, 0.6) is 0 Å². The Labute approximate surface area is 167 Å². The molecular weight excluding hydrogens is 360 g/mol. The van der Waals surface area contributed by atoms with Crippen molar-refractivity contribution in [3.05, 3.63) is 18.0 Å². The number of rotatable bonds is 4. The Morgan fingerprint density at radius 1 is 1.39 bits per heavy atom. The minimum absolute atomic E-state index is 0.148. The summed E-state index contributed by atoms with van der Waals surface area (Å²) >= 11 is 0. The first-order valence-electron chi connectivity index (χ1n) is 9.56. The molecule has 1 saturated heterocycles. The van der Waals surface area contributed by atoms with E-state index in [0.29, 0.717) is 19.0 Å². The fourth-order valence-electron chi connectivity index (χ4n) is 3.29. The smallest absolute Gasteiger partial charge is 0.412 e. The lowest BCUT2D eigenvalue weighted by Gasteiger charge is -2.35. The van der Waals surface area contributed by atoms with Crippen LogP contribution in [0.15, 0.2) is 17.3 Å². The highest BCUT2D eigenvalue weighted by Gasteiger charge is 2.49. The summed E-state index contributed by atoms with van der Waals surface area (Å²) in [5.74, 6) is 0.641. The molecule has 28 heavy (non-hydrogen) atoms. The number of ether oxygens (including phenoxy) is 2. The van der Waals surface area contributed by atoms with E-state index < -0.39 is 11.3 Å². The van der Waals surface area contributed by atoms with Crippen LogP contribution in [-0.2, 0) is 23.1 Å². The highest BCUT2D eigenvalue weighted by molar-refractivity contribution is 5.79. The molecule has 2 rings (SSSR count). The van der Waals surface area contributed by atoms with Gasteiger partial charge in [-0.25, -0.2) is 4.79 Å². The maximum atomic E-state index is 12.8. The SMILES string of the molecule is CN=C(NCc1ccnn1C)NCC1C(C)OC(C)(C)N1C(=O)OC(C)(C)C. The fraction of sp³-hybridized carbons (Fsp3) is 0.737. The molecule has 2 N–H and O–H groups in total. The molecule has 1 aromatic heterocycles. The van der Waals surface area contributed by atoms with E-state index in [2.05, 4.69) is 20.7 Å². The van der Waals surface area contributed by atoms with Crippen molar-refractivity contribution in [1.82, 2.24) is 25.3 Å². The topological polar surface area (TPSA) is 93.0 Å². The molecule has 9 nitrogen and oxygen atoms in total. The summed E-state index contributed by atoms with van der Waals surface area (Å²) in [7, 11) is 3.61. The third-order valence-electron chi connectivity index (χ3n) is 4.58. The number of aromatic nitrogens is 2. The zero-order chi connectivity index (χ0) is 21.1. The van der Waals surface area contributed by atoms with Crippen LogP contribution in [0.4, 0.5) is 4.79 Å². The molecule has 9 heteroatoms. The maximum Gasteiger partial charge on any atom is 0.412 e. The van der Waals surface area contributed by atoms with E-state index >= 15 is 0 Å². The number of guanidine groups is 1. The van der Waals surface area contributed by atoms with Gasteiger partial charge in [0.05, 0.1) is 24.4 Å². The van der Waals surface area contributed by atoms with Crippen molar-refractivity contribution >= 4 is 12.1 Å². The Morgan fingerprint density at radius 2 is 2.07 bits per heavy atom. The summed E-state index contributed by atoms with van der Waals surface area (Å²) in [6, 6.07) is 1.75. The van der Waals surface area contributed by atoms with Gasteiger partial charge in [0.1, 0.15) is 11.3 Å². The first-order chi connectivity index (χ1) is 12.9. The number of hydrogen-bond acceptors (Lipinski definition) is 5. The van der Waals surface area contributed by atoms with Gasteiger partial charge < -0.3 is 20.1 Å². The number of nitrogens with zero attached hydrogens (tertiary/aromatic N) is 4. The number of amides is 1. The summed E-state index contributed by atoms with van der Waals surface area (Å²) in [4.78, 5) is 18.7. The van der Waals surface area contributed by atoms with Crippen LogP contribution in [0.2, 0.25) is 0 Å². The van der Waals surface area contributed by atoms with Crippen molar-refractivity contribution in [1.29, 1.82) is 0 Å². The molecule has 0 radical (unpaired) electrons. The summed E-state index contributed by atoms with van der Waals surface area (Å²) in [5.41, 5.74) is -0.283. The maximum absolute atomic E-state index is 12.8. The minimum Gasteiger partial charge on any atom is -0.444 e. The molecule has 2 unspecified atom stereocenters. The van der Waals surface area contributed by atoms with Crippen LogP contribution < -0.4 is 10.6 Å². The largest absolute Gasteiger partial charge is 0.444 e. The molecule has 2 heterocycles. The van der Waals surface area contributed by atoms with Crippen LogP contribution >= 0.6 is 0 Å². The van der Waals surface area contributed by atoms with Crippen LogP contribution in [0.3, 0.4) is 0 Å². The molecule has 0 aromatic carbocycles. The van der Waals surface area contributed by atoms with Gasteiger partial charge in [-0.2, -0.15) is 5.10 Å². The Morgan fingerprint density at radius 3 is 2.61 bits per heavy atom. The third-order valence-corrected chi connectivity index (χ3v) is 4.58. The number of aliphatic imine (C=N–C) groups is 1. The van der Waals surface area contributed by atoms with Crippen molar-refractivity contribution in [3.8, 4) is 0 Å². The number of carbonyl (C=O) groups excluding carboxylic acids is 1. The quantitative estimate of drug-likeness (QED) is 0.598. The van der Waals surface area contributed by atoms with E-state index in [1.54, 1.807) is 22.8 Å². The van der Waals surface area contributed by atoms with Crippen molar-refractivity contribution in [3.63, 3.8) is 0 Å². The number of hydrogen-bond donors (Lipinski definition) is 2. The van der Waals surface area contributed by atoms with Crippen molar-refractivity contribution < 1.29 is 14.3 Å². The summed E-state index contributed by atoms with van der Waals surface area (Å²) in [5, 5.41) is 10.7. The minimum atomic E-state index is -0.750. The molecule has 158 valence electrons.